The number of nitrogens with zero attached hydrogens (tertiary/aromatic N) is 3. The molecule has 0 unspecified atom stereocenters. The molecule has 0 radical (unpaired) electrons. The number of aliphatic hydroxyl groups is 1. The molecule has 2 aliphatic rings. The lowest BCUT2D eigenvalue weighted by molar-refractivity contribution is -0.159. The van der Waals surface area contributed by atoms with E-state index in [4.69, 9.17) is 0 Å². The topological polar surface area (TPSA) is 102 Å². The minimum absolute atomic E-state index is 0.186. The van der Waals surface area contributed by atoms with Crippen molar-refractivity contribution in [1.82, 2.24) is 25.3 Å². The summed E-state index contributed by atoms with van der Waals surface area (Å²) in [5.41, 5.74) is 2.00. The summed E-state index contributed by atoms with van der Waals surface area (Å²) >= 11 is 0. The molecule has 0 bridgehead atoms. The predicted molar refractivity (Wildman–Crippen MR) is 112 cm³/mol. The fourth-order valence-corrected chi connectivity index (χ4v) is 4.50. The first-order valence-electron chi connectivity index (χ1n) is 10.6. The molecule has 0 aliphatic carbocycles. The third kappa shape index (κ3) is 4.11. The van der Waals surface area contributed by atoms with Gasteiger partial charge in [-0.2, -0.15) is 5.10 Å². The third-order valence-electron chi connectivity index (χ3n) is 6.16. The Morgan fingerprint density at radius 3 is 2.87 bits per heavy atom. The summed E-state index contributed by atoms with van der Waals surface area (Å²) in [5.74, 6) is -0.414. The normalized spacial score (nSPS) is 22.1. The van der Waals surface area contributed by atoms with Gasteiger partial charge in [-0.1, -0.05) is 30.3 Å². The number of benzene rings is 1. The average molecular weight is 412 g/mol. The van der Waals surface area contributed by atoms with Crippen molar-refractivity contribution in [3.63, 3.8) is 0 Å². The maximum absolute atomic E-state index is 13.1. The Hall–Kier alpha value is -2.71. The molecule has 8 nitrogen and oxygen atoms in total. The van der Waals surface area contributed by atoms with Crippen molar-refractivity contribution in [2.75, 3.05) is 33.2 Å². The molecule has 2 aromatic rings. The first-order valence-corrected chi connectivity index (χ1v) is 10.6. The third-order valence-corrected chi connectivity index (χ3v) is 6.16. The van der Waals surface area contributed by atoms with Crippen LogP contribution >= 0.6 is 0 Å². The second-order valence-electron chi connectivity index (χ2n) is 8.23. The maximum atomic E-state index is 13.1. The summed E-state index contributed by atoms with van der Waals surface area (Å²) in [6.07, 6.45) is 2.73. The van der Waals surface area contributed by atoms with Gasteiger partial charge in [0, 0.05) is 57.4 Å². The van der Waals surface area contributed by atoms with E-state index in [0.29, 0.717) is 44.7 Å². The predicted octanol–water partition coefficient (Wildman–Crippen LogP) is 0.724. The molecule has 0 saturated carbocycles. The highest BCUT2D eigenvalue weighted by Gasteiger charge is 2.43. The standard InChI is InChI=1S/C22H29N5O3/c1-23-20(28)19-17-14-26(12-9-18(17)24-25-19)15-22(30)10-5-11-27(21(22)29)13-8-16-6-3-2-4-7-16/h2-4,6-7,30H,5,8-15H2,1H3,(H,23,28)(H,24,25)/t22-/m0/s1. The molecule has 1 aromatic carbocycles. The Balaban J connectivity index is 1.41. The number of carbonyl (C=O) groups excluding carboxylic acids is 2. The number of hydrogen-bond acceptors (Lipinski definition) is 5. The number of β-amino-alcohol motifs (C(OH)–C–C–N with tert-alkyl or cyclic N) is 1. The number of aromatic nitrogens is 2. The van der Waals surface area contributed by atoms with Gasteiger partial charge in [-0.3, -0.25) is 19.6 Å². The van der Waals surface area contributed by atoms with Crippen LogP contribution in [0.25, 0.3) is 0 Å². The van der Waals surface area contributed by atoms with Gasteiger partial charge >= 0.3 is 0 Å². The molecular weight excluding hydrogens is 382 g/mol. The summed E-state index contributed by atoms with van der Waals surface area (Å²) in [6.45, 7) is 2.76. The van der Waals surface area contributed by atoms with E-state index in [2.05, 4.69) is 32.5 Å². The fraction of sp³-hybridized carbons (Fsp3) is 0.500. The van der Waals surface area contributed by atoms with Gasteiger partial charge < -0.3 is 15.3 Å². The first-order chi connectivity index (χ1) is 14.5. The summed E-state index contributed by atoms with van der Waals surface area (Å²) in [4.78, 5) is 29.0. The largest absolute Gasteiger partial charge is 0.379 e. The SMILES string of the molecule is CNC(=O)c1n[nH]c2c1CN(C[C@@]1(O)CCCN(CCc3ccccc3)C1=O)CC2. The maximum Gasteiger partial charge on any atom is 0.271 e. The molecule has 8 heteroatoms. The Morgan fingerprint density at radius 1 is 1.30 bits per heavy atom. The molecule has 1 atom stereocenters. The molecule has 4 rings (SSSR count). The van der Waals surface area contributed by atoms with Gasteiger partial charge in [0.1, 0.15) is 0 Å². The second-order valence-corrected chi connectivity index (χ2v) is 8.23. The number of H-pyrrole nitrogens is 1. The molecule has 2 aliphatic heterocycles. The number of hydrogen-bond donors (Lipinski definition) is 3. The van der Waals surface area contributed by atoms with Gasteiger partial charge in [0.05, 0.1) is 0 Å². The van der Waals surface area contributed by atoms with Crippen LogP contribution in [0.1, 0.15) is 40.2 Å². The highest BCUT2D eigenvalue weighted by molar-refractivity contribution is 5.93. The molecule has 30 heavy (non-hydrogen) atoms. The number of amides is 2. The Labute approximate surface area is 176 Å². The van der Waals surface area contributed by atoms with Crippen LogP contribution < -0.4 is 5.32 Å². The van der Waals surface area contributed by atoms with Crippen LogP contribution in [0.15, 0.2) is 30.3 Å². The summed E-state index contributed by atoms with van der Waals surface area (Å²) < 4.78 is 0. The zero-order valence-corrected chi connectivity index (χ0v) is 17.4. The lowest BCUT2D eigenvalue weighted by Gasteiger charge is -2.41. The molecule has 0 spiro atoms. The van der Waals surface area contributed by atoms with Gasteiger partial charge in [-0.15, -0.1) is 0 Å². The quantitative estimate of drug-likeness (QED) is 0.650. The molecular formula is C22H29N5O3. The van der Waals surface area contributed by atoms with E-state index in [1.54, 1.807) is 11.9 Å². The monoisotopic (exact) mass is 411 g/mol. The highest BCUT2D eigenvalue weighted by atomic mass is 16.3. The van der Waals surface area contributed by atoms with Crippen molar-refractivity contribution in [3.8, 4) is 0 Å². The Kier molecular flexibility index (Phi) is 5.87. The Morgan fingerprint density at radius 2 is 2.10 bits per heavy atom. The van der Waals surface area contributed by atoms with Crippen molar-refractivity contribution in [2.45, 2.75) is 37.8 Å². The van der Waals surface area contributed by atoms with Crippen LogP contribution in [0.5, 0.6) is 0 Å². The first kappa shape index (κ1) is 20.6. The lowest BCUT2D eigenvalue weighted by Crippen LogP contribution is -2.59. The van der Waals surface area contributed by atoms with Crippen molar-refractivity contribution < 1.29 is 14.7 Å². The summed E-state index contributed by atoms with van der Waals surface area (Å²) in [5, 5.41) is 21.0. The van der Waals surface area contributed by atoms with E-state index < -0.39 is 5.60 Å². The van der Waals surface area contributed by atoms with Gasteiger partial charge in [-0.25, -0.2) is 0 Å². The zero-order chi connectivity index (χ0) is 21.1. The van der Waals surface area contributed by atoms with Crippen LogP contribution in [0.2, 0.25) is 0 Å². The highest BCUT2D eigenvalue weighted by Crippen LogP contribution is 2.27. The van der Waals surface area contributed by atoms with Crippen LogP contribution in [-0.4, -0.2) is 75.7 Å². The molecule has 3 heterocycles. The molecule has 160 valence electrons. The zero-order valence-electron chi connectivity index (χ0n) is 17.4. The second kappa shape index (κ2) is 8.57. The van der Waals surface area contributed by atoms with Gasteiger partial charge in [-0.05, 0) is 24.8 Å². The minimum atomic E-state index is -1.39. The van der Waals surface area contributed by atoms with Crippen LogP contribution in [0.3, 0.4) is 0 Å². The molecule has 1 fully saturated rings. The van der Waals surface area contributed by atoms with Crippen molar-refractivity contribution in [1.29, 1.82) is 0 Å². The van der Waals surface area contributed by atoms with E-state index in [0.717, 1.165) is 24.1 Å². The van der Waals surface area contributed by atoms with Gasteiger partial charge in [0.25, 0.3) is 11.8 Å². The van der Waals surface area contributed by atoms with E-state index >= 15 is 0 Å². The van der Waals surface area contributed by atoms with Crippen LogP contribution in [-0.2, 0) is 24.2 Å². The summed E-state index contributed by atoms with van der Waals surface area (Å²) in [7, 11) is 1.58. The van der Waals surface area contributed by atoms with Gasteiger partial charge in [0.2, 0.25) is 0 Å². The van der Waals surface area contributed by atoms with E-state index in [9.17, 15) is 14.7 Å². The number of carbonyl (C=O) groups is 2. The summed E-state index contributed by atoms with van der Waals surface area (Å²) in [6, 6.07) is 10.1. The van der Waals surface area contributed by atoms with Crippen molar-refractivity contribution in [3.05, 3.63) is 52.8 Å². The van der Waals surface area contributed by atoms with Crippen LogP contribution in [0, 0.1) is 0 Å². The number of piperidine rings is 1. The number of aromatic amines is 1. The average Bonchev–Trinajstić information content (AvgIpc) is 3.18. The fourth-order valence-electron chi connectivity index (χ4n) is 4.50. The van der Waals surface area contributed by atoms with Gasteiger partial charge in [0.15, 0.2) is 11.3 Å². The molecule has 1 saturated heterocycles. The number of fused-ring (bicyclic) bond motifs is 1. The van der Waals surface area contributed by atoms with E-state index in [1.165, 1.54) is 5.56 Å². The van der Waals surface area contributed by atoms with E-state index in [1.807, 2.05) is 18.2 Å². The van der Waals surface area contributed by atoms with E-state index in [-0.39, 0.29) is 18.4 Å². The lowest BCUT2D eigenvalue weighted by atomic mass is 9.90. The molecule has 2 amide bonds. The van der Waals surface area contributed by atoms with Crippen LogP contribution in [0.4, 0.5) is 0 Å². The smallest absolute Gasteiger partial charge is 0.271 e. The molecule has 3 N–H and O–H groups in total. The molecule has 1 aromatic heterocycles. The van der Waals surface area contributed by atoms with Crippen molar-refractivity contribution in [2.24, 2.45) is 0 Å². The minimum Gasteiger partial charge on any atom is -0.379 e. The number of likely N-dealkylation sites (tertiary alicyclic amines) is 1. The Bertz CT molecular complexity index is 913. The number of nitrogens with one attached hydrogen (secondary N) is 2. The number of rotatable bonds is 6. The van der Waals surface area contributed by atoms with Crippen molar-refractivity contribution >= 4 is 11.8 Å².